The van der Waals surface area contributed by atoms with Crippen LogP contribution < -0.4 is 10.6 Å². The van der Waals surface area contributed by atoms with Gasteiger partial charge in [-0.25, -0.2) is 4.99 Å². The maximum atomic E-state index is 10.4. The van der Waals surface area contributed by atoms with Crippen LogP contribution in [0.5, 0.6) is 5.75 Å². The van der Waals surface area contributed by atoms with Gasteiger partial charge in [0.05, 0.1) is 6.54 Å². The van der Waals surface area contributed by atoms with Crippen molar-refractivity contribution in [1.29, 1.82) is 0 Å². The number of aryl methyl sites for hydroxylation is 1. The predicted octanol–water partition coefficient (Wildman–Crippen LogP) is 3.20. The Morgan fingerprint density at radius 1 is 1.19 bits per heavy atom. The first-order chi connectivity index (χ1) is 13.2. The summed E-state index contributed by atoms with van der Waals surface area (Å²) in [6, 6.07) is 4.41. The number of fused-ring (bicyclic) bond motifs is 1. The Labute approximate surface area is 164 Å². The third kappa shape index (κ3) is 5.38. The molecule has 1 aliphatic heterocycles. The lowest BCUT2D eigenvalue weighted by atomic mass is 9.88. The number of aromatic hydroxyl groups is 1. The van der Waals surface area contributed by atoms with Gasteiger partial charge in [-0.3, -0.25) is 0 Å². The fraction of sp³-hybridized carbons (Fsp3) is 0.682. The van der Waals surface area contributed by atoms with Crippen molar-refractivity contribution >= 4 is 5.96 Å². The van der Waals surface area contributed by atoms with Crippen molar-refractivity contribution < 1.29 is 5.11 Å². The summed E-state index contributed by atoms with van der Waals surface area (Å²) in [7, 11) is 0. The zero-order chi connectivity index (χ0) is 19.1. The molecule has 0 amide bonds. The molecule has 27 heavy (non-hydrogen) atoms. The van der Waals surface area contributed by atoms with Crippen LogP contribution >= 0.6 is 0 Å². The third-order valence-electron chi connectivity index (χ3n) is 5.83. The van der Waals surface area contributed by atoms with Crippen molar-refractivity contribution in [1.82, 2.24) is 15.5 Å². The van der Waals surface area contributed by atoms with Gasteiger partial charge < -0.3 is 20.6 Å². The van der Waals surface area contributed by atoms with Gasteiger partial charge in [0.2, 0.25) is 0 Å². The number of phenolic OH excluding ortho intramolecular Hbond substituents is 1. The molecule has 1 saturated heterocycles. The van der Waals surface area contributed by atoms with E-state index in [9.17, 15) is 5.11 Å². The van der Waals surface area contributed by atoms with E-state index in [0.717, 1.165) is 56.8 Å². The summed E-state index contributed by atoms with van der Waals surface area (Å²) in [6.07, 6.45) is 8.21. The fourth-order valence-electron chi connectivity index (χ4n) is 4.36. The molecular weight excluding hydrogens is 336 g/mol. The Morgan fingerprint density at radius 2 is 1.96 bits per heavy atom. The molecular formula is C22H36N4O. The molecule has 1 aromatic carbocycles. The molecule has 5 heteroatoms. The number of guanidine groups is 1. The molecule has 5 nitrogen and oxygen atoms in total. The number of rotatable bonds is 6. The number of hydrogen-bond donors (Lipinski definition) is 3. The number of hydrogen-bond acceptors (Lipinski definition) is 3. The number of aliphatic imine (C=N–C) groups is 1. The van der Waals surface area contributed by atoms with E-state index in [-0.39, 0.29) is 0 Å². The number of piperidine rings is 1. The minimum absolute atomic E-state index is 0.392. The van der Waals surface area contributed by atoms with Crippen LogP contribution in [0.3, 0.4) is 0 Å². The molecule has 0 atom stereocenters. The van der Waals surface area contributed by atoms with Crippen LogP contribution in [-0.2, 0) is 19.4 Å². The maximum absolute atomic E-state index is 10.4. The fourth-order valence-corrected chi connectivity index (χ4v) is 4.36. The van der Waals surface area contributed by atoms with E-state index in [4.69, 9.17) is 4.99 Å². The summed E-state index contributed by atoms with van der Waals surface area (Å²) >= 11 is 0. The molecule has 3 rings (SSSR count). The Kier molecular flexibility index (Phi) is 7.39. The number of phenols is 1. The normalized spacial score (nSPS) is 19.0. The van der Waals surface area contributed by atoms with E-state index in [1.165, 1.54) is 36.9 Å². The van der Waals surface area contributed by atoms with Gasteiger partial charge in [0.1, 0.15) is 5.75 Å². The number of likely N-dealkylation sites (tertiary alicyclic amines) is 1. The average molecular weight is 373 g/mol. The molecule has 1 aromatic rings. The number of benzene rings is 1. The predicted molar refractivity (Wildman–Crippen MR) is 112 cm³/mol. The molecule has 2 aliphatic rings. The van der Waals surface area contributed by atoms with E-state index < -0.39 is 0 Å². The second kappa shape index (κ2) is 9.98. The summed E-state index contributed by atoms with van der Waals surface area (Å²) in [4.78, 5) is 7.38. The molecule has 0 spiro atoms. The van der Waals surface area contributed by atoms with Gasteiger partial charge in [-0.2, -0.15) is 0 Å². The highest BCUT2D eigenvalue weighted by Gasteiger charge is 2.20. The highest BCUT2D eigenvalue weighted by atomic mass is 16.3. The number of nitrogens with one attached hydrogen (secondary N) is 2. The van der Waals surface area contributed by atoms with E-state index in [2.05, 4.69) is 35.4 Å². The topological polar surface area (TPSA) is 59.9 Å². The lowest BCUT2D eigenvalue weighted by molar-refractivity contribution is 0.206. The molecule has 1 aliphatic carbocycles. The first kappa shape index (κ1) is 20.0. The monoisotopic (exact) mass is 372 g/mol. The quantitative estimate of drug-likeness (QED) is 0.530. The van der Waals surface area contributed by atoms with Crippen molar-refractivity contribution in [2.45, 2.75) is 71.4 Å². The van der Waals surface area contributed by atoms with Crippen LogP contribution in [0.25, 0.3) is 0 Å². The van der Waals surface area contributed by atoms with Crippen molar-refractivity contribution in [3.05, 3.63) is 28.8 Å². The van der Waals surface area contributed by atoms with Crippen LogP contribution in [0.4, 0.5) is 0 Å². The van der Waals surface area contributed by atoms with Gasteiger partial charge in [0.15, 0.2) is 5.96 Å². The molecule has 0 saturated carbocycles. The SMILES string of the molecule is CCCN1CCC(NC(=NCc2c(O)ccc3c2CCCC3)NCC)CC1. The number of nitrogens with zero attached hydrogens (tertiary/aromatic N) is 2. The standard InChI is InChI=1S/C22H36N4O/c1-3-13-26-14-11-18(12-15-26)25-22(23-4-2)24-16-20-19-8-6-5-7-17(19)9-10-21(20)27/h9-10,18,27H,3-8,11-16H2,1-2H3,(H2,23,24,25). The Balaban J connectivity index is 1.65. The first-order valence-corrected chi connectivity index (χ1v) is 10.8. The summed E-state index contributed by atoms with van der Waals surface area (Å²) in [5.41, 5.74) is 3.74. The highest BCUT2D eigenvalue weighted by molar-refractivity contribution is 5.80. The van der Waals surface area contributed by atoms with Crippen molar-refractivity contribution in [3.8, 4) is 5.75 Å². The summed E-state index contributed by atoms with van der Waals surface area (Å²) in [5.74, 6) is 1.27. The molecule has 150 valence electrons. The van der Waals surface area contributed by atoms with E-state index in [1.54, 1.807) is 0 Å². The Morgan fingerprint density at radius 3 is 2.70 bits per heavy atom. The molecule has 0 radical (unpaired) electrons. The molecule has 1 heterocycles. The van der Waals surface area contributed by atoms with E-state index >= 15 is 0 Å². The van der Waals surface area contributed by atoms with Crippen LogP contribution in [0, 0.1) is 0 Å². The lowest BCUT2D eigenvalue weighted by Gasteiger charge is -2.32. The highest BCUT2D eigenvalue weighted by Crippen LogP contribution is 2.31. The minimum atomic E-state index is 0.392. The molecule has 0 bridgehead atoms. The van der Waals surface area contributed by atoms with Crippen molar-refractivity contribution in [3.63, 3.8) is 0 Å². The minimum Gasteiger partial charge on any atom is -0.508 e. The van der Waals surface area contributed by atoms with Gasteiger partial charge in [0, 0.05) is 31.2 Å². The molecule has 0 aromatic heterocycles. The van der Waals surface area contributed by atoms with E-state index in [1.807, 2.05) is 6.07 Å². The smallest absolute Gasteiger partial charge is 0.191 e. The van der Waals surface area contributed by atoms with Gasteiger partial charge in [-0.1, -0.05) is 13.0 Å². The largest absolute Gasteiger partial charge is 0.508 e. The lowest BCUT2D eigenvalue weighted by Crippen LogP contribution is -2.48. The Hall–Kier alpha value is -1.75. The van der Waals surface area contributed by atoms with Crippen LogP contribution in [0.15, 0.2) is 17.1 Å². The second-order valence-corrected chi connectivity index (χ2v) is 7.86. The molecule has 1 fully saturated rings. The summed E-state index contributed by atoms with van der Waals surface area (Å²) in [5, 5.41) is 17.4. The maximum Gasteiger partial charge on any atom is 0.191 e. The summed E-state index contributed by atoms with van der Waals surface area (Å²) in [6.45, 7) is 9.27. The van der Waals surface area contributed by atoms with Gasteiger partial charge in [-0.05, 0) is 75.6 Å². The van der Waals surface area contributed by atoms with Crippen LogP contribution in [0.2, 0.25) is 0 Å². The Bertz CT molecular complexity index is 635. The van der Waals surface area contributed by atoms with Crippen molar-refractivity contribution in [2.24, 2.45) is 4.99 Å². The van der Waals surface area contributed by atoms with Crippen LogP contribution in [0.1, 0.15) is 62.6 Å². The summed E-state index contributed by atoms with van der Waals surface area (Å²) < 4.78 is 0. The average Bonchev–Trinajstić information content (AvgIpc) is 2.69. The zero-order valence-corrected chi connectivity index (χ0v) is 17.1. The first-order valence-electron chi connectivity index (χ1n) is 10.8. The van der Waals surface area contributed by atoms with Crippen LogP contribution in [-0.4, -0.2) is 48.2 Å². The second-order valence-electron chi connectivity index (χ2n) is 7.86. The van der Waals surface area contributed by atoms with E-state index in [0.29, 0.717) is 18.3 Å². The zero-order valence-electron chi connectivity index (χ0n) is 17.1. The van der Waals surface area contributed by atoms with Gasteiger partial charge in [0.25, 0.3) is 0 Å². The third-order valence-corrected chi connectivity index (χ3v) is 5.83. The van der Waals surface area contributed by atoms with Gasteiger partial charge >= 0.3 is 0 Å². The molecule has 3 N–H and O–H groups in total. The molecule has 0 unspecified atom stereocenters. The van der Waals surface area contributed by atoms with Crippen molar-refractivity contribution in [2.75, 3.05) is 26.2 Å². The van der Waals surface area contributed by atoms with Gasteiger partial charge in [-0.15, -0.1) is 0 Å².